The van der Waals surface area contributed by atoms with Gasteiger partial charge in [0.2, 0.25) is 5.91 Å². The second-order valence-electron chi connectivity index (χ2n) is 5.84. The molecule has 6 heteroatoms. The molecule has 6 nitrogen and oxygen atoms in total. The Morgan fingerprint density at radius 3 is 2.39 bits per heavy atom. The van der Waals surface area contributed by atoms with Crippen molar-refractivity contribution in [3.8, 4) is 0 Å². The first-order valence-electron chi connectivity index (χ1n) is 7.84. The highest BCUT2D eigenvalue weighted by Gasteiger charge is 2.06. The SMILES string of the molecule is CCNC(=NCc1ccc(N(C)C)cc1C)NCC(=O)N(C)C. The highest BCUT2D eigenvalue weighted by molar-refractivity contribution is 5.86. The first-order chi connectivity index (χ1) is 10.8. The monoisotopic (exact) mass is 319 g/mol. The van der Waals surface area contributed by atoms with Crippen LogP contribution in [0.2, 0.25) is 0 Å². The van der Waals surface area contributed by atoms with Crippen LogP contribution >= 0.6 is 0 Å². The molecule has 128 valence electrons. The molecule has 0 radical (unpaired) electrons. The number of aryl methyl sites for hydroxylation is 1. The lowest BCUT2D eigenvalue weighted by Crippen LogP contribution is -2.42. The maximum atomic E-state index is 11.7. The summed E-state index contributed by atoms with van der Waals surface area (Å²) in [4.78, 5) is 19.9. The molecule has 0 aliphatic carbocycles. The van der Waals surface area contributed by atoms with Crippen molar-refractivity contribution in [3.63, 3.8) is 0 Å². The van der Waals surface area contributed by atoms with Crippen molar-refractivity contribution in [2.24, 2.45) is 4.99 Å². The summed E-state index contributed by atoms with van der Waals surface area (Å²) in [5.74, 6) is 0.668. The summed E-state index contributed by atoms with van der Waals surface area (Å²) in [7, 11) is 7.54. The molecule has 1 aromatic rings. The van der Waals surface area contributed by atoms with Crippen LogP contribution < -0.4 is 15.5 Å². The van der Waals surface area contributed by atoms with Gasteiger partial charge in [0.15, 0.2) is 5.96 Å². The molecule has 0 spiro atoms. The van der Waals surface area contributed by atoms with Gasteiger partial charge in [-0.2, -0.15) is 0 Å². The van der Waals surface area contributed by atoms with Crippen LogP contribution in [-0.2, 0) is 11.3 Å². The highest BCUT2D eigenvalue weighted by atomic mass is 16.2. The van der Waals surface area contributed by atoms with E-state index in [1.165, 1.54) is 16.8 Å². The van der Waals surface area contributed by atoms with Crippen LogP contribution in [0.15, 0.2) is 23.2 Å². The fourth-order valence-corrected chi connectivity index (χ4v) is 1.96. The third-order valence-corrected chi connectivity index (χ3v) is 3.50. The van der Waals surface area contributed by atoms with Crippen molar-refractivity contribution in [2.45, 2.75) is 20.4 Å². The van der Waals surface area contributed by atoms with Crippen molar-refractivity contribution in [3.05, 3.63) is 29.3 Å². The lowest BCUT2D eigenvalue weighted by Gasteiger charge is -2.16. The van der Waals surface area contributed by atoms with Gasteiger partial charge in [0.1, 0.15) is 0 Å². The number of aliphatic imine (C=N–C) groups is 1. The zero-order valence-corrected chi connectivity index (χ0v) is 15.1. The van der Waals surface area contributed by atoms with Gasteiger partial charge in [-0.25, -0.2) is 4.99 Å². The number of guanidine groups is 1. The molecular formula is C17H29N5O. The lowest BCUT2D eigenvalue weighted by molar-refractivity contribution is -0.127. The topological polar surface area (TPSA) is 60.0 Å². The van der Waals surface area contributed by atoms with Crippen LogP contribution in [0, 0.1) is 6.92 Å². The fraction of sp³-hybridized carbons (Fsp3) is 0.529. The van der Waals surface area contributed by atoms with Gasteiger partial charge in [0.25, 0.3) is 0 Å². The number of carbonyl (C=O) groups is 1. The molecule has 0 aromatic heterocycles. The van der Waals surface area contributed by atoms with Crippen LogP contribution in [0.1, 0.15) is 18.1 Å². The number of hydrogen-bond donors (Lipinski definition) is 2. The molecule has 0 heterocycles. The zero-order valence-electron chi connectivity index (χ0n) is 15.1. The Hall–Kier alpha value is -2.24. The Morgan fingerprint density at radius 2 is 1.87 bits per heavy atom. The Labute approximate surface area is 139 Å². The number of rotatable bonds is 6. The summed E-state index contributed by atoms with van der Waals surface area (Å²) >= 11 is 0. The molecule has 0 saturated heterocycles. The van der Waals surface area contributed by atoms with E-state index >= 15 is 0 Å². The van der Waals surface area contributed by atoms with E-state index in [0.717, 1.165) is 6.54 Å². The maximum Gasteiger partial charge on any atom is 0.241 e. The van der Waals surface area contributed by atoms with E-state index in [-0.39, 0.29) is 12.5 Å². The van der Waals surface area contributed by atoms with E-state index in [0.29, 0.717) is 12.5 Å². The molecule has 0 atom stereocenters. The third-order valence-electron chi connectivity index (χ3n) is 3.50. The number of carbonyl (C=O) groups excluding carboxylic acids is 1. The first kappa shape index (κ1) is 18.8. The van der Waals surface area contributed by atoms with Gasteiger partial charge >= 0.3 is 0 Å². The molecule has 0 aliphatic rings. The number of likely N-dealkylation sites (N-methyl/N-ethyl adjacent to an activating group) is 1. The largest absolute Gasteiger partial charge is 0.378 e. The fourth-order valence-electron chi connectivity index (χ4n) is 1.96. The van der Waals surface area contributed by atoms with Crippen LogP contribution in [-0.4, -0.2) is 58.0 Å². The Bertz CT molecular complexity index is 552. The summed E-state index contributed by atoms with van der Waals surface area (Å²) in [6, 6.07) is 6.34. The zero-order chi connectivity index (χ0) is 17.4. The average molecular weight is 319 g/mol. The minimum absolute atomic E-state index is 0.0159. The quantitative estimate of drug-likeness (QED) is 0.611. The summed E-state index contributed by atoms with van der Waals surface area (Å²) in [5, 5.41) is 6.22. The smallest absolute Gasteiger partial charge is 0.241 e. The molecule has 1 amide bonds. The van der Waals surface area contributed by atoms with E-state index in [1.807, 2.05) is 21.0 Å². The number of hydrogen-bond acceptors (Lipinski definition) is 3. The normalized spacial score (nSPS) is 11.1. The molecule has 0 unspecified atom stereocenters. The standard InChI is InChI=1S/C17H29N5O/c1-7-18-17(20-12-16(23)22(5)6)19-11-14-8-9-15(21(3)4)10-13(14)2/h8-10H,7,11-12H2,1-6H3,(H2,18,19,20). The molecule has 0 bridgehead atoms. The van der Waals surface area contributed by atoms with E-state index in [1.54, 1.807) is 19.0 Å². The van der Waals surface area contributed by atoms with Gasteiger partial charge in [0.05, 0.1) is 13.1 Å². The van der Waals surface area contributed by atoms with E-state index in [4.69, 9.17) is 0 Å². The Kier molecular flexibility index (Phi) is 7.38. The Morgan fingerprint density at radius 1 is 1.17 bits per heavy atom. The van der Waals surface area contributed by atoms with Gasteiger partial charge in [-0.3, -0.25) is 4.79 Å². The van der Waals surface area contributed by atoms with E-state index in [2.05, 4.69) is 45.6 Å². The van der Waals surface area contributed by atoms with Crippen molar-refractivity contribution in [1.82, 2.24) is 15.5 Å². The molecule has 0 fully saturated rings. The van der Waals surface area contributed by atoms with Crippen molar-refractivity contribution in [1.29, 1.82) is 0 Å². The number of nitrogens with zero attached hydrogens (tertiary/aromatic N) is 3. The van der Waals surface area contributed by atoms with E-state index < -0.39 is 0 Å². The lowest BCUT2D eigenvalue weighted by atomic mass is 10.1. The predicted octanol–water partition coefficient (Wildman–Crippen LogP) is 1.20. The minimum atomic E-state index is 0.0159. The van der Waals surface area contributed by atoms with E-state index in [9.17, 15) is 4.79 Å². The van der Waals surface area contributed by atoms with Crippen LogP contribution in [0.3, 0.4) is 0 Å². The van der Waals surface area contributed by atoms with Gasteiger partial charge in [-0.1, -0.05) is 6.07 Å². The minimum Gasteiger partial charge on any atom is -0.378 e. The van der Waals surface area contributed by atoms with Crippen molar-refractivity contribution < 1.29 is 4.79 Å². The molecular weight excluding hydrogens is 290 g/mol. The summed E-state index contributed by atoms with van der Waals surface area (Å²) < 4.78 is 0. The average Bonchev–Trinajstić information content (AvgIpc) is 2.50. The Balaban J connectivity index is 2.75. The number of anilines is 1. The number of benzene rings is 1. The number of nitrogens with one attached hydrogen (secondary N) is 2. The van der Waals surface area contributed by atoms with Gasteiger partial charge in [-0.05, 0) is 37.1 Å². The molecule has 2 N–H and O–H groups in total. The molecule has 1 rings (SSSR count). The molecule has 1 aromatic carbocycles. The van der Waals surface area contributed by atoms with Gasteiger partial charge in [-0.15, -0.1) is 0 Å². The number of amides is 1. The van der Waals surface area contributed by atoms with Crippen molar-refractivity contribution >= 4 is 17.6 Å². The first-order valence-corrected chi connectivity index (χ1v) is 7.84. The summed E-state index contributed by atoms with van der Waals surface area (Å²) in [6.07, 6.45) is 0. The van der Waals surface area contributed by atoms with Crippen LogP contribution in [0.4, 0.5) is 5.69 Å². The predicted molar refractivity (Wildman–Crippen MR) is 97.0 cm³/mol. The van der Waals surface area contributed by atoms with Crippen LogP contribution in [0.25, 0.3) is 0 Å². The summed E-state index contributed by atoms with van der Waals surface area (Å²) in [5.41, 5.74) is 3.56. The maximum absolute atomic E-state index is 11.7. The van der Waals surface area contributed by atoms with Gasteiger partial charge in [0, 0.05) is 40.4 Å². The van der Waals surface area contributed by atoms with Crippen LogP contribution in [0.5, 0.6) is 0 Å². The molecule has 0 saturated carbocycles. The molecule has 23 heavy (non-hydrogen) atoms. The molecule has 0 aliphatic heterocycles. The third kappa shape index (κ3) is 6.18. The highest BCUT2D eigenvalue weighted by Crippen LogP contribution is 2.17. The van der Waals surface area contributed by atoms with Gasteiger partial charge < -0.3 is 20.4 Å². The van der Waals surface area contributed by atoms with Crippen molar-refractivity contribution in [2.75, 3.05) is 46.2 Å². The second-order valence-corrected chi connectivity index (χ2v) is 5.84. The summed E-state index contributed by atoms with van der Waals surface area (Å²) in [6.45, 7) is 5.65. The second kappa shape index (κ2) is 9.02.